The molecule has 3 heterocycles. The van der Waals surface area contributed by atoms with E-state index >= 15 is 0 Å². The summed E-state index contributed by atoms with van der Waals surface area (Å²) in [6, 6.07) is 8.82. The number of halogens is 3. The highest BCUT2D eigenvalue weighted by molar-refractivity contribution is 6.07. The predicted octanol–water partition coefficient (Wildman–Crippen LogP) is 4.05. The molecule has 0 bridgehead atoms. The molecule has 0 saturated carbocycles. The summed E-state index contributed by atoms with van der Waals surface area (Å²) >= 11 is 0. The molecule has 0 N–H and O–H groups in total. The lowest BCUT2D eigenvalue weighted by molar-refractivity contribution is -0.184. The van der Waals surface area contributed by atoms with Gasteiger partial charge in [0.15, 0.2) is 0 Å². The fourth-order valence-electron chi connectivity index (χ4n) is 3.65. The number of piperidine rings is 1. The van der Waals surface area contributed by atoms with Crippen molar-refractivity contribution in [3.8, 4) is 11.3 Å². The van der Waals surface area contributed by atoms with Gasteiger partial charge in [0.25, 0.3) is 5.91 Å². The van der Waals surface area contributed by atoms with Crippen molar-refractivity contribution < 1.29 is 18.0 Å². The number of para-hydroxylation sites is 1. The van der Waals surface area contributed by atoms with Crippen molar-refractivity contribution in [1.29, 1.82) is 0 Å². The van der Waals surface area contributed by atoms with E-state index in [9.17, 15) is 18.0 Å². The maximum absolute atomic E-state index is 13.2. The van der Waals surface area contributed by atoms with Gasteiger partial charge in [0.1, 0.15) is 0 Å². The van der Waals surface area contributed by atoms with Crippen molar-refractivity contribution in [1.82, 2.24) is 19.7 Å². The first-order valence-electron chi connectivity index (χ1n) is 9.08. The zero-order valence-corrected chi connectivity index (χ0v) is 15.3. The number of aryl methyl sites for hydroxylation is 1. The third kappa shape index (κ3) is 3.46. The molecule has 0 unspecified atom stereocenters. The van der Waals surface area contributed by atoms with Crippen molar-refractivity contribution in [3.05, 3.63) is 48.3 Å². The summed E-state index contributed by atoms with van der Waals surface area (Å²) in [4.78, 5) is 19.1. The van der Waals surface area contributed by atoms with E-state index in [1.165, 1.54) is 4.90 Å². The molecule has 0 spiro atoms. The molecule has 146 valence electrons. The number of alkyl halides is 3. The number of pyridine rings is 1. The molecule has 1 amide bonds. The van der Waals surface area contributed by atoms with E-state index in [-0.39, 0.29) is 13.0 Å². The van der Waals surface area contributed by atoms with Gasteiger partial charge >= 0.3 is 6.18 Å². The SMILES string of the molecule is Cn1cc(-c2cc(C(=O)N3CCC[C@H](C(F)(F)F)C3)c3ccccc3n2)cn1. The number of carbonyl (C=O) groups is 1. The molecule has 1 aromatic carbocycles. The topological polar surface area (TPSA) is 51.0 Å². The third-order valence-electron chi connectivity index (χ3n) is 5.12. The number of benzene rings is 1. The first-order valence-corrected chi connectivity index (χ1v) is 9.08. The zero-order valence-electron chi connectivity index (χ0n) is 15.3. The van der Waals surface area contributed by atoms with Crippen molar-refractivity contribution in [2.45, 2.75) is 19.0 Å². The fourth-order valence-corrected chi connectivity index (χ4v) is 3.65. The second-order valence-corrected chi connectivity index (χ2v) is 7.11. The number of carbonyl (C=O) groups excluding carboxylic acids is 1. The minimum absolute atomic E-state index is 0.0608. The number of hydrogen-bond donors (Lipinski definition) is 0. The van der Waals surface area contributed by atoms with Crippen LogP contribution in [0.15, 0.2) is 42.7 Å². The number of amides is 1. The summed E-state index contributed by atoms with van der Waals surface area (Å²) in [6.07, 6.45) is -0.461. The number of likely N-dealkylation sites (tertiary alicyclic amines) is 1. The standard InChI is InChI=1S/C20H19F3N4O/c1-26-11-13(10-24-26)18-9-16(15-6-2-3-7-17(15)25-18)19(28)27-8-4-5-14(12-27)20(21,22)23/h2-3,6-7,9-11,14H,4-5,8,12H2,1H3/t14-/m0/s1. The van der Waals surface area contributed by atoms with Gasteiger partial charge in [0, 0.05) is 37.3 Å². The second-order valence-electron chi connectivity index (χ2n) is 7.11. The van der Waals surface area contributed by atoms with Crippen LogP contribution in [0, 0.1) is 5.92 Å². The third-order valence-corrected chi connectivity index (χ3v) is 5.12. The van der Waals surface area contributed by atoms with Crippen LogP contribution in [-0.4, -0.2) is 44.8 Å². The van der Waals surface area contributed by atoms with E-state index in [1.54, 1.807) is 48.4 Å². The monoisotopic (exact) mass is 388 g/mol. The Kier molecular flexibility index (Phi) is 4.56. The van der Waals surface area contributed by atoms with E-state index in [0.717, 1.165) is 5.56 Å². The first kappa shape index (κ1) is 18.5. The van der Waals surface area contributed by atoms with Crippen LogP contribution >= 0.6 is 0 Å². The molecule has 5 nitrogen and oxygen atoms in total. The molecule has 2 aromatic heterocycles. The highest BCUT2D eigenvalue weighted by atomic mass is 19.4. The Bertz CT molecular complexity index is 1030. The molecule has 0 aliphatic carbocycles. The summed E-state index contributed by atoms with van der Waals surface area (Å²) in [5, 5.41) is 4.76. The highest BCUT2D eigenvalue weighted by Gasteiger charge is 2.42. The largest absolute Gasteiger partial charge is 0.393 e. The average Bonchev–Trinajstić information content (AvgIpc) is 3.12. The van der Waals surface area contributed by atoms with Crippen molar-refractivity contribution >= 4 is 16.8 Å². The maximum Gasteiger partial charge on any atom is 0.393 e. The summed E-state index contributed by atoms with van der Waals surface area (Å²) in [5.41, 5.74) is 2.30. The predicted molar refractivity (Wildman–Crippen MR) is 98.6 cm³/mol. The van der Waals surface area contributed by atoms with Gasteiger partial charge in [-0.2, -0.15) is 18.3 Å². The Morgan fingerprint density at radius 1 is 1.25 bits per heavy atom. The van der Waals surface area contributed by atoms with Crippen LogP contribution in [0.4, 0.5) is 13.2 Å². The van der Waals surface area contributed by atoms with E-state index in [2.05, 4.69) is 10.1 Å². The minimum Gasteiger partial charge on any atom is -0.338 e. The highest BCUT2D eigenvalue weighted by Crippen LogP contribution is 2.34. The molecule has 3 aromatic rings. The van der Waals surface area contributed by atoms with Gasteiger partial charge in [-0.05, 0) is 25.0 Å². The Hall–Kier alpha value is -2.90. The van der Waals surface area contributed by atoms with Gasteiger partial charge in [-0.25, -0.2) is 4.98 Å². The van der Waals surface area contributed by atoms with Gasteiger partial charge in [0.2, 0.25) is 0 Å². The summed E-state index contributed by atoms with van der Waals surface area (Å²) in [6.45, 7) is 0.0193. The molecular weight excluding hydrogens is 369 g/mol. The molecule has 4 rings (SSSR count). The van der Waals surface area contributed by atoms with Crippen LogP contribution in [0.3, 0.4) is 0 Å². The lowest BCUT2D eigenvalue weighted by atomic mass is 9.96. The molecule has 1 fully saturated rings. The van der Waals surface area contributed by atoms with Crippen LogP contribution in [0.5, 0.6) is 0 Å². The van der Waals surface area contributed by atoms with Crippen LogP contribution in [0.25, 0.3) is 22.2 Å². The Labute approximate surface area is 159 Å². The zero-order chi connectivity index (χ0) is 19.9. The summed E-state index contributed by atoms with van der Waals surface area (Å²) < 4.78 is 41.1. The maximum atomic E-state index is 13.2. The normalized spacial score (nSPS) is 17.9. The molecule has 0 radical (unpaired) electrons. The van der Waals surface area contributed by atoms with E-state index in [1.807, 2.05) is 6.07 Å². The first-order chi connectivity index (χ1) is 13.3. The smallest absolute Gasteiger partial charge is 0.338 e. The second kappa shape index (κ2) is 6.92. The van der Waals surface area contributed by atoms with Gasteiger partial charge < -0.3 is 4.90 Å². The fraction of sp³-hybridized carbons (Fsp3) is 0.350. The lowest BCUT2D eigenvalue weighted by Crippen LogP contribution is -2.44. The minimum atomic E-state index is -4.29. The van der Waals surface area contributed by atoms with E-state index < -0.39 is 18.0 Å². The Balaban J connectivity index is 1.75. The molecule has 1 aliphatic rings. The number of aromatic nitrogens is 3. The van der Waals surface area contributed by atoms with E-state index in [4.69, 9.17) is 0 Å². The number of hydrogen-bond acceptors (Lipinski definition) is 3. The Morgan fingerprint density at radius 3 is 2.75 bits per heavy atom. The number of rotatable bonds is 2. The molecule has 28 heavy (non-hydrogen) atoms. The van der Waals surface area contributed by atoms with E-state index in [0.29, 0.717) is 35.1 Å². The van der Waals surface area contributed by atoms with Crippen LogP contribution in [0.2, 0.25) is 0 Å². The molecule has 1 aliphatic heterocycles. The van der Waals surface area contributed by atoms with Crippen molar-refractivity contribution in [2.24, 2.45) is 13.0 Å². The average molecular weight is 388 g/mol. The van der Waals surface area contributed by atoms with Gasteiger partial charge in [-0.3, -0.25) is 9.48 Å². The quantitative estimate of drug-likeness (QED) is 0.666. The molecule has 1 atom stereocenters. The van der Waals surface area contributed by atoms with Crippen LogP contribution in [0.1, 0.15) is 23.2 Å². The lowest BCUT2D eigenvalue weighted by Gasteiger charge is -2.34. The van der Waals surface area contributed by atoms with Crippen molar-refractivity contribution in [2.75, 3.05) is 13.1 Å². The van der Waals surface area contributed by atoms with Crippen LogP contribution < -0.4 is 0 Å². The van der Waals surface area contributed by atoms with Gasteiger partial charge in [-0.1, -0.05) is 18.2 Å². The summed E-state index contributed by atoms with van der Waals surface area (Å²) in [7, 11) is 1.78. The van der Waals surface area contributed by atoms with Gasteiger partial charge in [0.05, 0.1) is 28.9 Å². The molecule has 8 heteroatoms. The van der Waals surface area contributed by atoms with Crippen LogP contribution in [-0.2, 0) is 7.05 Å². The Morgan fingerprint density at radius 2 is 2.04 bits per heavy atom. The molecule has 1 saturated heterocycles. The van der Waals surface area contributed by atoms with Crippen molar-refractivity contribution in [3.63, 3.8) is 0 Å². The molecular formula is C20H19F3N4O. The van der Waals surface area contributed by atoms with Gasteiger partial charge in [-0.15, -0.1) is 0 Å². The number of nitrogens with zero attached hydrogens (tertiary/aromatic N) is 4. The number of fused-ring (bicyclic) bond motifs is 1. The summed E-state index contributed by atoms with van der Waals surface area (Å²) in [5.74, 6) is -1.87.